The lowest BCUT2D eigenvalue weighted by atomic mass is 9.33. The number of hydrogen-bond acceptors (Lipinski definition) is 2. The third-order valence-electron chi connectivity index (χ3n) is 20.6. The summed E-state index contributed by atoms with van der Waals surface area (Å²) in [5, 5.41) is -1.57. The van der Waals surface area contributed by atoms with Crippen LogP contribution in [-0.4, -0.2) is 15.8 Å². The summed E-state index contributed by atoms with van der Waals surface area (Å²) in [4.78, 5) is 3.45. The maximum atomic E-state index is 11.9. The van der Waals surface area contributed by atoms with Crippen LogP contribution in [0.25, 0.3) is 99.5 Å². The average Bonchev–Trinajstić information content (AvgIpc) is 1.30. The summed E-state index contributed by atoms with van der Waals surface area (Å²) in [6, 6.07) is 22.4. The van der Waals surface area contributed by atoms with E-state index < -0.39 is 211 Å². The molecule has 2 aliphatic heterocycles. The SMILES string of the molecule is [2H]c1c([2H])c(-n2c3c([2H])c([2H])c([2H])c([2H])c3c3c([2H])c([2H])c([2H])c([2H])c32)c([2H])c2c1B1c3c([2H])c([2H])c(-n4c5c([2H])c([2H])c([2H])c([2H])c5c5c([2H])c([2H])c([2H])c([2H])c54)c([2H])c3N(c3c(-c4cccc(CC)c4)cc(C(C)(C)C)cc3-c3cccc(CC)c3)c3c([2H])c(C(C)(C)C)c([2H])c(c31)N2c1c(-c2cccc(CC)c2)cc(C(C)(C)C)cc1-c1cccc(CC)c1. The van der Waals surface area contributed by atoms with Gasteiger partial charge in [0, 0.05) is 77.9 Å². The van der Waals surface area contributed by atoms with Crippen molar-refractivity contribution in [3.63, 3.8) is 0 Å². The molecular weight excluding hydrogens is 1240 g/mol. The molecule has 0 bridgehead atoms. The molecule has 0 spiro atoms. The Labute approximate surface area is 643 Å². The topological polar surface area (TPSA) is 16.3 Å². The molecule has 4 heterocycles. The van der Waals surface area contributed by atoms with E-state index in [1.165, 1.54) is 0 Å². The maximum Gasteiger partial charge on any atom is 0.252 e. The molecule has 17 rings (SSSR count). The molecule has 15 aromatic rings. The third-order valence-corrected chi connectivity index (χ3v) is 20.6. The van der Waals surface area contributed by atoms with Crippen molar-refractivity contribution in [2.75, 3.05) is 9.80 Å². The zero-order chi connectivity index (χ0) is 91.8. The Balaban J connectivity index is 1.21. The summed E-state index contributed by atoms with van der Waals surface area (Å²) in [5.41, 5.74) is 3.36. The van der Waals surface area contributed by atoms with Gasteiger partial charge in [0.1, 0.15) is 0 Å². The number of anilines is 6. The van der Waals surface area contributed by atoms with Gasteiger partial charge in [-0.2, -0.15) is 0 Å². The van der Waals surface area contributed by atoms with E-state index in [2.05, 4.69) is 90.1 Å². The number of aryl methyl sites for hydroxylation is 4. The lowest BCUT2D eigenvalue weighted by molar-refractivity contribution is 0.590. The van der Waals surface area contributed by atoms with Crippen molar-refractivity contribution in [1.29, 1.82) is 0 Å². The second kappa shape index (κ2) is 25.0. The first-order valence-corrected chi connectivity index (χ1v) is 35.6. The van der Waals surface area contributed by atoms with Gasteiger partial charge in [0.25, 0.3) is 6.71 Å². The monoisotopic (exact) mass is 1360 g/mol. The quantitative estimate of drug-likeness (QED) is 0.113. The van der Waals surface area contributed by atoms with Crippen LogP contribution >= 0.6 is 0 Å². The maximum absolute atomic E-state index is 11.9. The molecule has 5 heteroatoms. The van der Waals surface area contributed by atoms with Gasteiger partial charge in [-0.1, -0.05) is 272 Å². The largest absolute Gasteiger partial charge is 0.310 e. The highest BCUT2D eigenvalue weighted by molar-refractivity contribution is 7.00. The highest BCUT2D eigenvalue weighted by atomic mass is 15.2. The summed E-state index contributed by atoms with van der Waals surface area (Å²) in [6.07, 6.45) is 2.24. The second-order valence-corrected chi connectivity index (χ2v) is 30.2. The van der Waals surface area contributed by atoms with E-state index in [1.54, 1.807) is 9.80 Å². The summed E-state index contributed by atoms with van der Waals surface area (Å²) < 4.78 is 248. The molecule has 0 N–H and O–H groups in total. The molecule has 4 nitrogen and oxygen atoms in total. The molecule has 13 aromatic carbocycles. The lowest BCUT2D eigenvalue weighted by Gasteiger charge is -2.47. The van der Waals surface area contributed by atoms with E-state index in [4.69, 9.17) is 5.48 Å². The Kier molecular flexibility index (Phi) is 10.6. The Bertz CT molecular complexity index is 6690. The summed E-state index contributed by atoms with van der Waals surface area (Å²) in [6.45, 7) is 24.2. The Hall–Kier alpha value is -10.9. The molecule has 2 aliphatic rings. The van der Waals surface area contributed by atoms with E-state index in [9.17, 15) is 27.4 Å². The summed E-state index contributed by atoms with van der Waals surface area (Å²) >= 11 is 0. The van der Waals surface area contributed by atoms with Crippen LogP contribution in [0, 0.1) is 0 Å². The van der Waals surface area contributed by atoms with Crippen LogP contribution in [-0.2, 0) is 41.9 Å². The van der Waals surface area contributed by atoms with Gasteiger partial charge in [-0.05, 0) is 204 Å². The van der Waals surface area contributed by atoms with Gasteiger partial charge in [-0.3, -0.25) is 0 Å². The van der Waals surface area contributed by atoms with Crippen molar-refractivity contribution in [3.05, 3.63) is 305 Å². The van der Waals surface area contributed by atoms with Crippen molar-refractivity contribution in [3.8, 4) is 55.9 Å². The first-order valence-electron chi connectivity index (χ1n) is 47.6. The van der Waals surface area contributed by atoms with Gasteiger partial charge in [0.05, 0.1) is 66.3 Å². The average molecular weight is 1360 g/mol. The van der Waals surface area contributed by atoms with E-state index in [-0.39, 0.29) is 68.2 Å². The normalized spacial score (nSPS) is 16.3. The molecule has 0 unspecified atom stereocenters. The molecule has 0 saturated carbocycles. The number of fused-ring (bicyclic) bond motifs is 10. The minimum absolute atomic E-state index is 0.00567. The minimum Gasteiger partial charge on any atom is -0.310 e. The number of rotatable bonds is 12. The first kappa shape index (κ1) is 43.8. The van der Waals surface area contributed by atoms with Crippen LogP contribution < -0.4 is 26.2 Å². The summed E-state index contributed by atoms with van der Waals surface area (Å²) in [5.74, 6) is 0. The standard InChI is InChI=1S/C98H91BN4/c1-14-62-30-26-34-66(50-62)79-54-70(96(5,6)7)55-80(67-35-27-31-63(15-2)51-67)94(79)102-89-60-73(100-85-42-22-18-38-75(85)76-39-19-23-43-86(76)100)46-48-83(89)99-84-49-47-74(101-87-44-24-20-40-77(87)78-41-21-25-45-88(78)101)61-90(84)103(92-59-72(98(11,12)13)58-91(102)93(92)99)95-81(68-36-28-32-64(16-3)52-68)56-71(97(8,9)10)57-82(95)69-37-29-33-65(17-4)53-69/h18-61H,14-17H2,1-13H3/i18D,19D,20D,21D,22D,23D,24D,25D,38D,39D,40D,41D,42D,43D,44D,45D,46D,47D,48D,49D,58D,59D,60D,61D. The van der Waals surface area contributed by atoms with Crippen molar-refractivity contribution in [1.82, 2.24) is 9.13 Å². The van der Waals surface area contributed by atoms with Crippen molar-refractivity contribution < 1.29 is 32.9 Å². The molecule has 0 amide bonds. The Morgan fingerprint density at radius 1 is 0.320 bits per heavy atom. The van der Waals surface area contributed by atoms with Crippen LogP contribution in [0.1, 0.15) is 162 Å². The number of nitrogens with zero attached hydrogens (tertiary/aromatic N) is 4. The van der Waals surface area contributed by atoms with Gasteiger partial charge in [0.15, 0.2) is 0 Å². The number of aromatic nitrogens is 2. The fourth-order valence-corrected chi connectivity index (χ4v) is 15.0. The molecule has 0 saturated heterocycles. The zero-order valence-electron chi connectivity index (χ0n) is 84.2. The molecule has 2 aromatic heterocycles. The predicted octanol–water partition coefficient (Wildman–Crippen LogP) is 24.8. The smallest absolute Gasteiger partial charge is 0.252 e. The van der Waals surface area contributed by atoms with Crippen molar-refractivity contribution in [2.24, 2.45) is 0 Å². The molecule has 0 aliphatic carbocycles. The van der Waals surface area contributed by atoms with Crippen LogP contribution in [0.3, 0.4) is 0 Å². The fraction of sp³-hybridized carbons (Fsp3) is 0.204. The highest BCUT2D eigenvalue weighted by Crippen LogP contribution is 2.56. The van der Waals surface area contributed by atoms with Crippen molar-refractivity contribution in [2.45, 2.75) is 132 Å². The second-order valence-electron chi connectivity index (χ2n) is 30.2. The fourth-order valence-electron chi connectivity index (χ4n) is 15.0. The third kappa shape index (κ3) is 10.9. The number of para-hydroxylation sites is 4. The van der Waals surface area contributed by atoms with Gasteiger partial charge < -0.3 is 18.9 Å². The van der Waals surface area contributed by atoms with Gasteiger partial charge in [0.2, 0.25) is 0 Å². The lowest BCUT2D eigenvalue weighted by Crippen LogP contribution is -2.61. The highest BCUT2D eigenvalue weighted by Gasteiger charge is 2.47. The summed E-state index contributed by atoms with van der Waals surface area (Å²) in [7, 11) is 0. The van der Waals surface area contributed by atoms with E-state index in [0.717, 1.165) is 42.5 Å². The van der Waals surface area contributed by atoms with Crippen LogP contribution in [0.5, 0.6) is 0 Å². The Morgan fingerprint density at radius 2 is 0.612 bits per heavy atom. The van der Waals surface area contributed by atoms with Crippen LogP contribution in [0.15, 0.2) is 266 Å². The molecule has 0 fully saturated rings. The van der Waals surface area contributed by atoms with E-state index >= 15 is 0 Å². The minimum atomic E-state index is -1.89. The molecule has 103 heavy (non-hydrogen) atoms. The predicted molar refractivity (Wildman–Crippen MR) is 444 cm³/mol. The van der Waals surface area contributed by atoms with Gasteiger partial charge in [-0.25, -0.2) is 0 Å². The number of benzene rings is 13. The zero-order valence-corrected chi connectivity index (χ0v) is 60.2. The first-order chi connectivity index (χ1) is 59.8. The van der Waals surface area contributed by atoms with Gasteiger partial charge >= 0.3 is 0 Å². The Morgan fingerprint density at radius 3 is 0.893 bits per heavy atom. The number of hydrogen-bond donors (Lipinski definition) is 0. The van der Waals surface area contributed by atoms with Crippen LogP contribution in [0.2, 0.25) is 0 Å². The molecule has 506 valence electrons. The molecular formula is C98H91BN4. The van der Waals surface area contributed by atoms with Crippen molar-refractivity contribution >= 4 is 101 Å². The molecule has 0 atom stereocenters. The van der Waals surface area contributed by atoms with E-state index in [0.29, 0.717) is 70.2 Å². The van der Waals surface area contributed by atoms with Gasteiger partial charge in [-0.15, -0.1) is 0 Å². The van der Waals surface area contributed by atoms with Crippen LogP contribution in [0.4, 0.5) is 34.1 Å². The molecule has 0 radical (unpaired) electrons. The van der Waals surface area contributed by atoms with E-state index in [1.807, 2.05) is 121 Å².